The quantitative estimate of drug-likeness (QED) is 0.804. The lowest BCUT2D eigenvalue weighted by Crippen LogP contribution is -2.19. The maximum absolute atomic E-state index is 11.9. The minimum Gasteiger partial charge on any atom is -0.365 e. The summed E-state index contributed by atoms with van der Waals surface area (Å²) in [5.41, 5.74) is 1.50. The van der Waals surface area contributed by atoms with Crippen LogP contribution >= 0.6 is 11.6 Å². The van der Waals surface area contributed by atoms with Crippen LogP contribution < -0.4 is 10.9 Å². The van der Waals surface area contributed by atoms with Crippen molar-refractivity contribution in [2.24, 2.45) is 0 Å². The van der Waals surface area contributed by atoms with E-state index in [0.29, 0.717) is 23.1 Å². The lowest BCUT2D eigenvalue weighted by atomic mass is 10.1. The van der Waals surface area contributed by atoms with E-state index in [0.717, 1.165) is 24.9 Å². The van der Waals surface area contributed by atoms with E-state index in [4.69, 9.17) is 11.6 Å². The van der Waals surface area contributed by atoms with Gasteiger partial charge in [-0.1, -0.05) is 55.3 Å². The summed E-state index contributed by atoms with van der Waals surface area (Å²) in [6.07, 6.45) is 2.62. The zero-order valence-corrected chi connectivity index (χ0v) is 12.2. The molecule has 0 saturated heterocycles. The Bertz CT molecular complexity index is 610. The molecular formula is C15H18ClN3O. The number of benzene rings is 1. The molecule has 0 aliphatic heterocycles. The third kappa shape index (κ3) is 3.84. The molecule has 1 aromatic heterocycles. The predicted molar refractivity (Wildman–Crippen MR) is 82.5 cm³/mol. The van der Waals surface area contributed by atoms with E-state index in [2.05, 4.69) is 22.2 Å². The van der Waals surface area contributed by atoms with Gasteiger partial charge >= 0.3 is 0 Å². The minimum absolute atomic E-state index is 0.226. The number of hydrogen-bond donors (Lipinski definition) is 2. The maximum Gasteiger partial charge on any atom is 0.291 e. The summed E-state index contributed by atoms with van der Waals surface area (Å²) in [7, 11) is 0. The molecule has 0 amide bonds. The Morgan fingerprint density at radius 2 is 2.05 bits per heavy atom. The summed E-state index contributed by atoms with van der Waals surface area (Å²) in [6.45, 7) is 2.82. The van der Waals surface area contributed by atoms with Gasteiger partial charge < -0.3 is 10.3 Å². The highest BCUT2D eigenvalue weighted by atomic mass is 35.5. The number of unbranched alkanes of at least 4 members (excludes halogenated alkanes) is 1. The van der Waals surface area contributed by atoms with Gasteiger partial charge in [-0.15, -0.1) is 0 Å². The highest BCUT2D eigenvalue weighted by molar-refractivity contribution is 6.30. The Hall–Kier alpha value is -1.81. The molecule has 0 atom stereocenters. The van der Waals surface area contributed by atoms with Gasteiger partial charge in [0.1, 0.15) is 0 Å². The van der Waals surface area contributed by atoms with Gasteiger partial charge in [-0.2, -0.15) is 0 Å². The number of aromatic nitrogens is 2. The molecule has 0 radical (unpaired) electrons. The van der Waals surface area contributed by atoms with Crippen molar-refractivity contribution in [1.29, 1.82) is 0 Å². The topological polar surface area (TPSA) is 57.8 Å². The number of halogens is 1. The second kappa shape index (κ2) is 7.10. The first-order valence-electron chi connectivity index (χ1n) is 6.77. The standard InChI is InChI=1S/C15H18ClN3O/c1-2-3-9-17-14-15(20)18-12(13(16)19-14)10-11-7-5-4-6-8-11/h4-8H,2-3,9-10H2,1H3,(H,17,19)(H,18,20). The number of hydrogen-bond acceptors (Lipinski definition) is 3. The van der Waals surface area contributed by atoms with Crippen molar-refractivity contribution in [2.45, 2.75) is 26.2 Å². The summed E-state index contributed by atoms with van der Waals surface area (Å²) in [6, 6.07) is 9.84. The number of H-pyrrole nitrogens is 1. The number of nitrogens with zero attached hydrogens (tertiary/aromatic N) is 1. The lowest BCUT2D eigenvalue weighted by Gasteiger charge is -2.08. The summed E-state index contributed by atoms with van der Waals surface area (Å²) in [4.78, 5) is 18.9. The molecule has 106 valence electrons. The number of aromatic amines is 1. The van der Waals surface area contributed by atoms with Gasteiger partial charge in [0.05, 0.1) is 5.69 Å². The predicted octanol–water partition coefficient (Wildman–Crippen LogP) is 3.23. The van der Waals surface area contributed by atoms with Crippen LogP contribution in [-0.4, -0.2) is 16.5 Å². The maximum atomic E-state index is 11.9. The number of rotatable bonds is 6. The Morgan fingerprint density at radius 1 is 1.30 bits per heavy atom. The normalized spacial score (nSPS) is 10.5. The van der Waals surface area contributed by atoms with Crippen LogP contribution in [0.1, 0.15) is 31.0 Å². The van der Waals surface area contributed by atoms with Gasteiger partial charge in [0, 0.05) is 13.0 Å². The largest absolute Gasteiger partial charge is 0.365 e. The van der Waals surface area contributed by atoms with Crippen molar-refractivity contribution in [1.82, 2.24) is 9.97 Å². The monoisotopic (exact) mass is 291 g/mol. The number of anilines is 1. The van der Waals surface area contributed by atoms with E-state index in [1.807, 2.05) is 30.3 Å². The van der Waals surface area contributed by atoms with E-state index in [9.17, 15) is 4.79 Å². The lowest BCUT2D eigenvalue weighted by molar-refractivity contribution is 0.827. The minimum atomic E-state index is -0.226. The highest BCUT2D eigenvalue weighted by Gasteiger charge is 2.09. The van der Waals surface area contributed by atoms with Gasteiger partial charge in [0.15, 0.2) is 11.0 Å². The molecule has 0 spiro atoms. The Labute approximate surface area is 123 Å². The molecule has 0 unspecified atom stereocenters. The van der Waals surface area contributed by atoms with Crippen molar-refractivity contribution in [3.05, 3.63) is 57.1 Å². The molecule has 0 aliphatic carbocycles. The molecule has 0 bridgehead atoms. The van der Waals surface area contributed by atoms with Crippen molar-refractivity contribution < 1.29 is 0 Å². The van der Waals surface area contributed by atoms with Crippen molar-refractivity contribution in [3.8, 4) is 0 Å². The Morgan fingerprint density at radius 3 is 2.75 bits per heavy atom. The van der Waals surface area contributed by atoms with Crippen LogP contribution in [0.5, 0.6) is 0 Å². The molecule has 2 aromatic rings. The first-order chi connectivity index (χ1) is 9.70. The summed E-state index contributed by atoms with van der Waals surface area (Å²) in [5, 5.41) is 3.35. The first kappa shape index (κ1) is 14.6. The molecule has 0 fully saturated rings. The zero-order chi connectivity index (χ0) is 14.4. The molecule has 0 aliphatic rings. The van der Waals surface area contributed by atoms with Gasteiger partial charge in [-0.05, 0) is 12.0 Å². The van der Waals surface area contributed by atoms with Crippen LogP contribution in [0.4, 0.5) is 5.82 Å². The van der Waals surface area contributed by atoms with Gasteiger partial charge in [-0.3, -0.25) is 4.79 Å². The highest BCUT2D eigenvalue weighted by Crippen LogP contribution is 2.15. The summed E-state index contributed by atoms with van der Waals surface area (Å²) >= 11 is 6.14. The zero-order valence-electron chi connectivity index (χ0n) is 11.4. The first-order valence-corrected chi connectivity index (χ1v) is 7.15. The van der Waals surface area contributed by atoms with E-state index >= 15 is 0 Å². The fraction of sp³-hybridized carbons (Fsp3) is 0.333. The summed E-state index contributed by atoms with van der Waals surface area (Å²) < 4.78 is 0. The van der Waals surface area contributed by atoms with Gasteiger partial charge in [-0.25, -0.2) is 4.98 Å². The second-order valence-corrected chi connectivity index (χ2v) is 4.98. The van der Waals surface area contributed by atoms with Crippen LogP contribution in [0.25, 0.3) is 0 Å². The molecule has 2 N–H and O–H groups in total. The van der Waals surface area contributed by atoms with E-state index in [1.165, 1.54) is 0 Å². The number of nitrogens with one attached hydrogen (secondary N) is 2. The third-order valence-corrected chi connectivity index (χ3v) is 3.30. The van der Waals surface area contributed by atoms with Crippen LogP contribution in [-0.2, 0) is 6.42 Å². The third-order valence-electron chi connectivity index (χ3n) is 2.98. The average molecular weight is 292 g/mol. The fourth-order valence-corrected chi connectivity index (χ4v) is 2.08. The summed E-state index contributed by atoms with van der Waals surface area (Å²) in [5.74, 6) is 0.292. The van der Waals surface area contributed by atoms with E-state index < -0.39 is 0 Å². The molecule has 20 heavy (non-hydrogen) atoms. The van der Waals surface area contributed by atoms with Gasteiger partial charge in [0.2, 0.25) is 0 Å². The van der Waals surface area contributed by atoms with Gasteiger partial charge in [0.25, 0.3) is 5.56 Å². The Balaban J connectivity index is 2.16. The smallest absolute Gasteiger partial charge is 0.291 e. The second-order valence-electron chi connectivity index (χ2n) is 4.63. The molecule has 4 nitrogen and oxygen atoms in total. The average Bonchev–Trinajstić information content (AvgIpc) is 2.45. The molecular weight excluding hydrogens is 274 g/mol. The SMILES string of the molecule is CCCCNc1nc(Cl)c(Cc2ccccc2)[nH]c1=O. The van der Waals surface area contributed by atoms with E-state index in [-0.39, 0.29) is 5.56 Å². The van der Waals surface area contributed by atoms with E-state index in [1.54, 1.807) is 0 Å². The van der Waals surface area contributed by atoms with Crippen LogP contribution in [0.3, 0.4) is 0 Å². The van der Waals surface area contributed by atoms with Crippen LogP contribution in [0.2, 0.25) is 5.15 Å². The fourth-order valence-electron chi connectivity index (χ4n) is 1.88. The molecule has 0 saturated carbocycles. The van der Waals surface area contributed by atoms with Crippen molar-refractivity contribution >= 4 is 17.4 Å². The van der Waals surface area contributed by atoms with Crippen molar-refractivity contribution in [2.75, 3.05) is 11.9 Å². The van der Waals surface area contributed by atoms with Crippen LogP contribution in [0, 0.1) is 0 Å². The van der Waals surface area contributed by atoms with Crippen LogP contribution in [0.15, 0.2) is 35.1 Å². The molecule has 1 aromatic carbocycles. The Kier molecular flexibility index (Phi) is 5.18. The molecule has 1 heterocycles. The molecule has 5 heteroatoms. The molecule has 2 rings (SSSR count). The van der Waals surface area contributed by atoms with Crippen molar-refractivity contribution in [3.63, 3.8) is 0 Å².